The van der Waals surface area contributed by atoms with Crippen LogP contribution in [-0.4, -0.2) is 38.7 Å². The summed E-state index contributed by atoms with van der Waals surface area (Å²) in [5.74, 6) is 1.16. The summed E-state index contributed by atoms with van der Waals surface area (Å²) in [7, 11) is 3.22. The SMILES string of the molecule is CN=C(NCc1ccc(OC)c(NC(C)=O)c1)NCC(C)Oc1cccc(F)c1. The van der Waals surface area contributed by atoms with Crippen LogP contribution in [0.5, 0.6) is 11.5 Å². The fraction of sp³-hybridized carbons (Fsp3) is 0.333. The number of hydrogen-bond acceptors (Lipinski definition) is 4. The predicted molar refractivity (Wildman–Crippen MR) is 112 cm³/mol. The van der Waals surface area contributed by atoms with Crippen molar-refractivity contribution in [3.63, 3.8) is 0 Å². The van der Waals surface area contributed by atoms with E-state index < -0.39 is 0 Å². The van der Waals surface area contributed by atoms with Gasteiger partial charge in [0.05, 0.1) is 19.3 Å². The summed E-state index contributed by atoms with van der Waals surface area (Å²) in [5.41, 5.74) is 1.56. The standard InChI is InChI=1S/C21H27FN4O3/c1-14(29-18-7-5-6-17(22)11-18)12-24-21(23-3)25-13-16-8-9-20(28-4)19(10-16)26-15(2)27/h5-11,14H,12-13H2,1-4H3,(H,26,27)(H2,23,24,25). The van der Waals surface area contributed by atoms with Gasteiger partial charge in [-0.2, -0.15) is 0 Å². The highest BCUT2D eigenvalue weighted by molar-refractivity contribution is 5.90. The molecule has 0 heterocycles. The highest BCUT2D eigenvalue weighted by atomic mass is 19.1. The van der Waals surface area contributed by atoms with Crippen LogP contribution in [0.2, 0.25) is 0 Å². The van der Waals surface area contributed by atoms with Crippen LogP contribution < -0.4 is 25.4 Å². The van der Waals surface area contributed by atoms with Crippen molar-refractivity contribution in [3.05, 3.63) is 53.8 Å². The molecule has 0 saturated heterocycles. The van der Waals surface area contributed by atoms with Gasteiger partial charge >= 0.3 is 0 Å². The molecule has 1 atom stereocenters. The van der Waals surface area contributed by atoms with Crippen LogP contribution in [0, 0.1) is 5.82 Å². The third-order valence-electron chi connectivity index (χ3n) is 3.95. The summed E-state index contributed by atoms with van der Waals surface area (Å²) in [4.78, 5) is 15.5. The number of anilines is 1. The molecule has 7 nitrogen and oxygen atoms in total. The third kappa shape index (κ3) is 7.33. The fourth-order valence-electron chi connectivity index (χ4n) is 2.61. The van der Waals surface area contributed by atoms with Crippen molar-refractivity contribution >= 4 is 17.6 Å². The van der Waals surface area contributed by atoms with Crippen LogP contribution in [0.15, 0.2) is 47.5 Å². The maximum Gasteiger partial charge on any atom is 0.221 e. The van der Waals surface area contributed by atoms with Gasteiger partial charge in [0.15, 0.2) is 5.96 Å². The molecule has 0 spiro atoms. The number of amides is 1. The average molecular weight is 402 g/mol. The van der Waals surface area contributed by atoms with Gasteiger partial charge in [-0.3, -0.25) is 9.79 Å². The number of benzene rings is 2. The second-order valence-electron chi connectivity index (χ2n) is 6.41. The van der Waals surface area contributed by atoms with E-state index in [1.54, 1.807) is 32.4 Å². The third-order valence-corrected chi connectivity index (χ3v) is 3.95. The zero-order valence-electron chi connectivity index (χ0n) is 17.1. The van der Waals surface area contributed by atoms with E-state index in [0.29, 0.717) is 36.2 Å². The lowest BCUT2D eigenvalue weighted by Gasteiger charge is -2.18. The molecule has 0 bridgehead atoms. The lowest BCUT2D eigenvalue weighted by molar-refractivity contribution is -0.114. The van der Waals surface area contributed by atoms with Crippen molar-refractivity contribution in [1.82, 2.24) is 10.6 Å². The first-order valence-corrected chi connectivity index (χ1v) is 9.22. The number of aliphatic imine (C=N–C) groups is 1. The molecular weight excluding hydrogens is 375 g/mol. The Morgan fingerprint density at radius 3 is 2.66 bits per heavy atom. The number of hydrogen-bond donors (Lipinski definition) is 3. The Bertz CT molecular complexity index is 858. The van der Waals surface area contributed by atoms with Gasteiger partial charge in [0, 0.05) is 26.6 Å². The Morgan fingerprint density at radius 2 is 2.00 bits per heavy atom. The van der Waals surface area contributed by atoms with Gasteiger partial charge < -0.3 is 25.4 Å². The van der Waals surface area contributed by atoms with Crippen LogP contribution in [0.25, 0.3) is 0 Å². The minimum absolute atomic E-state index is 0.168. The summed E-state index contributed by atoms with van der Waals surface area (Å²) < 4.78 is 24.2. The predicted octanol–water partition coefficient (Wildman–Crippen LogP) is 2.93. The minimum Gasteiger partial charge on any atom is -0.495 e. The molecule has 0 aromatic heterocycles. The maximum absolute atomic E-state index is 13.2. The minimum atomic E-state index is -0.335. The van der Waals surface area contributed by atoms with Crippen LogP contribution in [0.1, 0.15) is 19.4 Å². The van der Waals surface area contributed by atoms with Crippen LogP contribution in [-0.2, 0) is 11.3 Å². The first-order chi connectivity index (χ1) is 13.9. The molecule has 1 unspecified atom stereocenters. The first kappa shape index (κ1) is 22.0. The number of guanidine groups is 1. The van der Waals surface area contributed by atoms with Crippen LogP contribution in [0.3, 0.4) is 0 Å². The van der Waals surface area contributed by atoms with Crippen molar-refractivity contribution in [2.24, 2.45) is 4.99 Å². The van der Waals surface area contributed by atoms with Crippen molar-refractivity contribution in [3.8, 4) is 11.5 Å². The summed E-state index contributed by atoms with van der Waals surface area (Å²) in [6, 6.07) is 11.6. The van der Waals surface area contributed by atoms with E-state index in [2.05, 4.69) is 20.9 Å². The molecule has 0 aliphatic rings. The molecule has 0 saturated carbocycles. The second-order valence-corrected chi connectivity index (χ2v) is 6.41. The lowest BCUT2D eigenvalue weighted by atomic mass is 10.2. The number of methoxy groups -OCH3 is 1. The monoisotopic (exact) mass is 402 g/mol. The number of carbonyl (C=O) groups excluding carboxylic acids is 1. The molecule has 2 aromatic rings. The van der Waals surface area contributed by atoms with Crippen molar-refractivity contribution < 1.29 is 18.7 Å². The van der Waals surface area contributed by atoms with Crippen molar-refractivity contribution in [2.45, 2.75) is 26.5 Å². The van der Waals surface area contributed by atoms with Crippen molar-refractivity contribution in [1.29, 1.82) is 0 Å². The fourth-order valence-corrected chi connectivity index (χ4v) is 2.61. The molecule has 29 heavy (non-hydrogen) atoms. The zero-order valence-corrected chi connectivity index (χ0v) is 17.1. The molecule has 0 fully saturated rings. The molecule has 0 aliphatic heterocycles. The molecule has 2 rings (SSSR count). The molecule has 156 valence electrons. The van der Waals surface area contributed by atoms with E-state index in [4.69, 9.17) is 9.47 Å². The average Bonchev–Trinajstić information content (AvgIpc) is 2.68. The highest BCUT2D eigenvalue weighted by Crippen LogP contribution is 2.25. The van der Waals surface area contributed by atoms with E-state index >= 15 is 0 Å². The molecule has 3 N–H and O–H groups in total. The van der Waals surface area contributed by atoms with Gasteiger partial charge in [0.2, 0.25) is 5.91 Å². The summed E-state index contributed by atoms with van der Waals surface area (Å²) >= 11 is 0. The number of nitrogens with zero attached hydrogens (tertiary/aromatic N) is 1. The van der Waals surface area contributed by atoms with E-state index in [1.807, 2.05) is 19.1 Å². The Hall–Kier alpha value is -3.29. The Balaban J connectivity index is 1.87. The topological polar surface area (TPSA) is 84.0 Å². The normalized spacial score (nSPS) is 12.1. The molecule has 2 aromatic carbocycles. The van der Waals surface area contributed by atoms with Gasteiger partial charge in [0.25, 0.3) is 0 Å². The highest BCUT2D eigenvalue weighted by Gasteiger charge is 2.09. The lowest BCUT2D eigenvalue weighted by Crippen LogP contribution is -2.41. The van der Waals surface area contributed by atoms with Gasteiger partial charge in [-0.25, -0.2) is 4.39 Å². The van der Waals surface area contributed by atoms with E-state index in [-0.39, 0.29) is 17.8 Å². The number of rotatable bonds is 8. The zero-order chi connectivity index (χ0) is 21.2. The Morgan fingerprint density at radius 1 is 1.21 bits per heavy atom. The van der Waals surface area contributed by atoms with Gasteiger partial charge in [-0.15, -0.1) is 0 Å². The van der Waals surface area contributed by atoms with E-state index in [0.717, 1.165) is 5.56 Å². The molecule has 0 aliphatic carbocycles. The number of carbonyl (C=O) groups is 1. The molecule has 1 amide bonds. The molecule has 0 radical (unpaired) electrons. The van der Waals surface area contributed by atoms with Gasteiger partial charge in [-0.05, 0) is 36.8 Å². The smallest absolute Gasteiger partial charge is 0.221 e. The first-order valence-electron chi connectivity index (χ1n) is 9.22. The molecular formula is C21H27FN4O3. The van der Waals surface area contributed by atoms with Crippen LogP contribution >= 0.6 is 0 Å². The maximum atomic E-state index is 13.2. The van der Waals surface area contributed by atoms with E-state index in [1.165, 1.54) is 19.1 Å². The van der Waals surface area contributed by atoms with Crippen LogP contribution in [0.4, 0.5) is 10.1 Å². The summed E-state index contributed by atoms with van der Waals surface area (Å²) in [6.07, 6.45) is -0.192. The quantitative estimate of drug-likeness (QED) is 0.467. The van der Waals surface area contributed by atoms with Crippen molar-refractivity contribution in [2.75, 3.05) is 26.0 Å². The number of nitrogens with one attached hydrogen (secondary N) is 3. The summed E-state index contributed by atoms with van der Waals surface area (Å²) in [6.45, 7) is 4.31. The van der Waals surface area contributed by atoms with Gasteiger partial charge in [-0.1, -0.05) is 12.1 Å². The molecule has 8 heteroatoms. The van der Waals surface area contributed by atoms with Gasteiger partial charge in [0.1, 0.15) is 23.4 Å². The number of halogens is 1. The Labute approximate surface area is 170 Å². The van der Waals surface area contributed by atoms with E-state index in [9.17, 15) is 9.18 Å². The number of ether oxygens (including phenoxy) is 2. The second kappa shape index (κ2) is 10.9. The summed E-state index contributed by atoms with van der Waals surface area (Å²) in [5, 5.41) is 9.12. The largest absolute Gasteiger partial charge is 0.495 e. The Kier molecular flexibility index (Phi) is 8.27.